The van der Waals surface area contributed by atoms with Crippen LogP contribution in [-0.4, -0.2) is 81.0 Å². The molecule has 0 aliphatic carbocycles. The number of carboxylic acid groups (broad SMARTS) is 3. The highest BCUT2D eigenvalue weighted by Crippen LogP contribution is 2.08. The summed E-state index contributed by atoms with van der Waals surface area (Å²) in [6.45, 7) is 3.48. The molecule has 4 unspecified atom stereocenters. The van der Waals surface area contributed by atoms with Crippen molar-refractivity contribution in [1.29, 1.82) is 0 Å². The fourth-order valence-electron chi connectivity index (χ4n) is 3.02. The number of nitrogens with one attached hydrogen (secondary N) is 3. The van der Waals surface area contributed by atoms with E-state index in [-0.39, 0.29) is 31.6 Å². The summed E-state index contributed by atoms with van der Waals surface area (Å²) in [6.07, 6.45) is -2.15. The van der Waals surface area contributed by atoms with Gasteiger partial charge < -0.3 is 42.7 Å². The largest absolute Gasteiger partial charge is 0.481 e. The Labute approximate surface area is 207 Å². The Hall–Kier alpha value is -3.75. The van der Waals surface area contributed by atoms with Gasteiger partial charge in [-0.15, -0.1) is 0 Å². The van der Waals surface area contributed by atoms with Gasteiger partial charge >= 0.3 is 17.9 Å². The number of carbonyl (C=O) groups excluding carboxylic acids is 4. The predicted octanol–water partition coefficient (Wildman–Crippen LogP) is -2.11. The topological polar surface area (TPSA) is 268 Å². The quantitative estimate of drug-likeness (QED) is 0.0974. The Morgan fingerprint density at radius 3 is 1.50 bits per heavy atom. The summed E-state index contributed by atoms with van der Waals surface area (Å²) in [7, 11) is 0. The molecule has 0 heterocycles. The summed E-state index contributed by atoms with van der Waals surface area (Å²) in [4.78, 5) is 82.3. The van der Waals surface area contributed by atoms with Crippen molar-refractivity contribution in [2.45, 2.75) is 83.0 Å². The molecule has 0 saturated heterocycles. The van der Waals surface area contributed by atoms with E-state index in [1.807, 2.05) is 0 Å². The van der Waals surface area contributed by atoms with E-state index >= 15 is 0 Å². The molecular formula is C21H35N5O10. The minimum absolute atomic E-state index is 0.0864. The highest BCUT2D eigenvalue weighted by atomic mass is 16.4. The summed E-state index contributed by atoms with van der Waals surface area (Å²) in [5.41, 5.74) is 10.8. The van der Waals surface area contributed by atoms with Gasteiger partial charge in [-0.3, -0.25) is 28.8 Å². The zero-order valence-corrected chi connectivity index (χ0v) is 20.2. The molecule has 0 saturated carbocycles. The van der Waals surface area contributed by atoms with Crippen LogP contribution >= 0.6 is 0 Å². The molecule has 0 bridgehead atoms. The fraction of sp³-hybridized carbons (Fsp3) is 0.667. The van der Waals surface area contributed by atoms with E-state index in [1.54, 1.807) is 13.8 Å². The van der Waals surface area contributed by atoms with Gasteiger partial charge in [0.1, 0.15) is 18.1 Å². The van der Waals surface area contributed by atoms with E-state index in [2.05, 4.69) is 16.0 Å². The predicted molar refractivity (Wildman–Crippen MR) is 123 cm³/mol. The van der Waals surface area contributed by atoms with Gasteiger partial charge in [-0.05, 0) is 31.6 Å². The van der Waals surface area contributed by atoms with Crippen molar-refractivity contribution in [3.8, 4) is 0 Å². The van der Waals surface area contributed by atoms with Gasteiger partial charge in [-0.2, -0.15) is 0 Å². The van der Waals surface area contributed by atoms with Crippen molar-refractivity contribution >= 4 is 41.5 Å². The number of rotatable bonds is 18. The Bertz CT molecular complexity index is 832. The smallest absolute Gasteiger partial charge is 0.326 e. The molecular weight excluding hydrogens is 482 g/mol. The first-order valence-electron chi connectivity index (χ1n) is 11.2. The molecule has 0 spiro atoms. The van der Waals surface area contributed by atoms with Gasteiger partial charge in [0.25, 0.3) is 0 Å². The van der Waals surface area contributed by atoms with E-state index in [1.165, 1.54) is 0 Å². The molecule has 10 N–H and O–H groups in total. The van der Waals surface area contributed by atoms with Gasteiger partial charge in [0.2, 0.25) is 23.6 Å². The van der Waals surface area contributed by atoms with Crippen LogP contribution in [0.25, 0.3) is 0 Å². The van der Waals surface area contributed by atoms with Gasteiger partial charge in [0.15, 0.2) is 0 Å². The highest BCUT2D eigenvalue weighted by Gasteiger charge is 2.31. The minimum atomic E-state index is -1.47. The van der Waals surface area contributed by atoms with Gasteiger partial charge in [0.05, 0.1) is 6.04 Å². The van der Waals surface area contributed by atoms with E-state index in [4.69, 9.17) is 21.7 Å². The second-order valence-corrected chi connectivity index (χ2v) is 8.63. The van der Waals surface area contributed by atoms with Crippen molar-refractivity contribution in [2.75, 3.05) is 0 Å². The summed E-state index contributed by atoms with van der Waals surface area (Å²) in [5.74, 6) is -7.49. The monoisotopic (exact) mass is 517 g/mol. The molecule has 0 aromatic heterocycles. The molecule has 36 heavy (non-hydrogen) atoms. The number of hydrogen-bond donors (Lipinski definition) is 8. The lowest BCUT2D eigenvalue weighted by atomic mass is 10.0. The second kappa shape index (κ2) is 16.0. The number of carboxylic acids is 3. The number of nitrogens with two attached hydrogens (primary N) is 2. The van der Waals surface area contributed by atoms with Crippen molar-refractivity contribution < 1.29 is 48.9 Å². The number of primary amides is 1. The van der Waals surface area contributed by atoms with E-state index < -0.39 is 85.0 Å². The standard InChI is InChI=1S/C21H35N5O10/c1-10(2)9-14(21(35)36)26-20(34)12(4-6-15(23)27)25-19(33)13(5-8-17(30)31)24-18(32)11(22)3-7-16(28)29/h10-14H,3-9,22H2,1-2H3,(H2,23,27)(H,24,32)(H,25,33)(H,26,34)(H,28,29)(H,30,31)(H,35,36). The van der Waals surface area contributed by atoms with E-state index in [9.17, 15) is 38.7 Å². The minimum Gasteiger partial charge on any atom is -0.481 e. The third kappa shape index (κ3) is 13.8. The molecule has 0 aromatic carbocycles. The first-order valence-corrected chi connectivity index (χ1v) is 11.2. The van der Waals surface area contributed by atoms with Crippen LogP contribution in [-0.2, 0) is 33.6 Å². The molecule has 0 radical (unpaired) electrons. The SMILES string of the molecule is CC(C)CC(NC(=O)C(CCC(N)=O)NC(=O)C(CCC(=O)O)NC(=O)C(N)CCC(=O)O)C(=O)O. The summed E-state index contributed by atoms with van der Waals surface area (Å²) < 4.78 is 0. The highest BCUT2D eigenvalue weighted by molar-refractivity contribution is 5.94. The van der Waals surface area contributed by atoms with Gasteiger partial charge in [-0.1, -0.05) is 13.8 Å². The van der Waals surface area contributed by atoms with E-state index in [0.29, 0.717) is 0 Å². The lowest BCUT2D eigenvalue weighted by Crippen LogP contribution is -2.57. The summed E-state index contributed by atoms with van der Waals surface area (Å²) in [5, 5.41) is 33.9. The zero-order chi connectivity index (χ0) is 28.0. The Morgan fingerprint density at radius 2 is 1.08 bits per heavy atom. The third-order valence-electron chi connectivity index (χ3n) is 4.92. The summed E-state index contributed by atoms with van der Waals surface area (Å²) >= 11 is 0. The molecule has 4 amide bonds. The van der Waals surface area contributed by atoms with E-state index in [0.717, 1.165) is 0 Å². The van der Waals surface area contributed by atoms with Crippen LogP contribution in [0.4, 0.5) is 0 Å². The first kappa shape index (κ1) is 32.2. The van der Waals surface area contributed by atoms with Gasteiger partial charge in [-0.25, -0.2) is 4.79 Å². The maximum Gasteiger partial charge on any atom is 0.326 e. The van der Waals surface area contributed by atoms with Crippen molar-refractivity contribution in [2.24, 2.45) is 17.4 Å². The molecule has 15 nitrogen and oxygen atoms in total. The maximum absolute atomic E-state index is 12.9. The number of hydrogen-bond acceptors (Lipinski definition) is 8. The molecule has 0 rings (SSSR count). The zero-order valence-electron chi connectivity index (χ0n) is 20.2. The van der Waals surface area contributed by atoms with Crippen LogP contribution < -0.4 is 27.4 Å². The molecule has 0 fully saturated rings. The van der Waals surface area contributed by atoms with Crippen molar-refractivity contribution in [3.63, 3.8) is 0 Å². The molecule has 15 heteroatoms. The van der Waals surface area contributed by atoms with Crippen LogP contribution in [0.15, 0.2) is 0 Å². The van der Waals surface area contributed by atoms with Crippen LogP contribution in [0, 0.1) is 5.92 Å². The lowest BCUT2D eigenvalue weighted by Gasteiger charge is -2.25. The summed E-state index contributed by atoms with van der Waals surface area (Å²) in [6, 6.07) is -5.48. The normalized spacial score (nSPS) is 14.1. The molecule has 0 aliphatic heterocycles. The maximum atomic E-state index is 12.9. The average molecular weight is 518 g/mol. The van der Waals surface area contributed by atoms with Crippen LogP contribution in [0.5, 0.6) is 0 Å². The Morgan fingerprint density at radius 1 is 0.667 bits per heavy atom. The molecule has 4 atom stereocenters. The third-order valence-corrected chi connectivity index (χ3v) is 4.92. The number of aliphatic carboxylic acids is 3. The lowest BCUT2D eigenvalue weighted by molar-refractivity contribution is -0.143. The Balaban J connectivity index is 5.63. The number of carbonyl (C=O) groups is 7. The first-order chi connectivity index (χ1) is 16.6. The van der Waals surface area contributed by atoms with Crippen molar-refractivity contribution in [1.82, 2.24) is 16.0 Å². The van der Waals surface area contributed by atoms with Crippen LogP contribution in [0.2, 0.25) is 0 Å². The molecule has 204 valence electrons. The molecule has 0 aliphatic rings. The Kier molecular flexibility index (Phi) is 14.4. The number of amides is 4. The van der Waals surface area contributed by atoms with Crippen LogP contribution in [0.3, 0.4) is 0 Å². The average Bonchev–Trinajstić information content (AvgIpc) is 2.75. The second-order valence-electron chi connectivity index (χ2n) is 8.63. The van der Waals surface area contributed by atoms with Crippen molar-refractivity contribution in [3.05, 3.63) is 0 Å². The fourth-order valence-corrected chi connectivity index (χ4v) is 3.02. The molecule has 0 aromatic rings. The van der Waals surface area contributed by atoms with Crippen LogP contribution in [0.1, 0.15) is 58.8 Å². The van der Waals surface area contributed by atoms with Gasteiger partial charge in [0, 0.05) is 19.3 Å².